The molecule has 0 aromatic carbocycles. The van der Waals surface area contributed by atoms with E-state index in [2.05, 4.69) is 22.2 Å². The summed E-state index contributed by atoms with van der Waals surface area (Å²) in [5.74, 6) is 0.755. The third-order valence-electron chi connectivity index (χ3n) is 1.61. The zero-order chi connectivity index (χ0) is 11.4. The minimum atomic E-state index is 0.622. The van der Waals surface area contributed by atoms with E-state index in [4.69, 9.17) is 9.47 Å². The lowest BCUT2D eigenvalue weighted by Gasteiger charge is -2.10. The molecule has 15 heavy (non-hydrogen) atoms. The molecular formula is C10H21N3O2. The van der Waals surface area contributed by atoms with Crippen molar-refractivity contribution in [1.29, 1.82) is 0 Å². The molecule has 0 spiro atoms. The Hall–Kier alpha value is -1.07. The summed E-state index contributed by atoms with van der Waals surface area (Å²) in [4.78, 5) is 4.03. The first kappa shape index (κ1) is 13.9. The fourth-order valence-electron chi connectivity index (χ4n) is 0.875. The van der Waals surface area contributed by atoms with Crippen molar-refractivity contribution < 1.29 is 9.47 Å². The molecule has 0 aliphatic carbocycles. The summed E-state index contributed by atoms with van der Waals surface area (Å²) in [6.45, 7) is 6.92. The summed E-state index contributed by atoms with van der Waals surface area (Å²) < 4.78 is 10.1. The van der Waals surface area contributed by atoms with Crippen molar-refractivity contribution in [3.8, 4) is 0 Å². The summed E-state index contributed by atoms with van der Waals surface area (Å²) in [7, 11) is 3.38. The smallest absolute Gasteiger partial charge is 0.191 e. The molecule has 0 aliphatic rings. The van der Waals surface area contributed by atoms with E-state index >= 15 is 0 Å². The van der Waals surface area contributed by atoms with Crippen molar-refractivity contribution in [2.24, 2.45) is 4.99 Å². The summed E-state index contributed by atoms with van der Waals surface area (Å²) in [5.41, 5.74) is 0. The molecule has 5 heteroatoms. The van der Waals surface area contributed by atoms with Gasteiger partial charge >= 0.3 is 0 Å². The molecule has 0 rings (SSSR count). The van der Waals surface area contributed by atoms with E-state index < -0.39 is 0 Å². The van der Waals surface area contributed by atoms with Gasteiger partial charge in [-0.25, -0.2) is 0 Å². The molecule has 2 N–H and O–H groups in total. The number of hydrogen-bond acceptors (Lipinski definition) is 3. The molecule has 0 aromatic rings. The lowest BCUT2D eigenvalue weighted by atomic mass is 10.6. The number of ether oxygens (including phenoxy) is 2. The van der Waals surface area contributed by atoms with E-state index in [0.717, 1.165) is 12.5 Å². The molecular weight excluding hydrogens is 194 g/mol. The van der Waals surface area contributed by atoms with Gasteiger partial charge in [-0.15, -0.1) is 6.58 Å². The fraction of sp³-hybridized carbons (Fsp3) is 0.700. The topological polar surface area (TPSA) is 54.9 Å². The predicted molar refractivity (Wildman–Crippen MR) is 62.3 cm³/mol. The third kappa shape index (κ3) is 9.24. The van der Waals surface area contributed by atoms with Gasteiger partial charge in [0, 0.05) is 27.2 Å². The van der Waals surface area contributed by atoms with Gasteiger partial charge in [0.2, 0.25) is 0 Å². The van der Waals surface area contributed by atoms with E-state index in [-0.39, 0.29) is 0 Å². The Morgan fingerprint density at radius 2 is 2.13 bits per heavy atom. The van der Waals surface area contributed by atoms with E-state index in [1.807, 2.05) is 0 Å². The highest BCUT2D eigenvalue weighted by molar-refractivity contribution is 5.79. The molecule has 0 heterocycles. The largest absolute Gasteiger partial charge is 0.382 e. The van der Waals surface area contributed by atoms with Crippen molar-refractivity contribution in [3.05, 3.63) is 12.7 Å². The van der Waals surface area contributed by atoms with Gasteiger partial charge in [0.25, 0.3) is 0 Å². The standard InChI is InChI=1S/C10H21N3O2/c1-4-5-12-10(11-2)13-6-7-15-9-8-14-3/h4H,1,5-9H2,2-3H3,(H2,11,12,13). The van der Waals surface area contributed by atoms with E-state index in [1.165, 1.54) is 0 Å². The van der Waals surface area contributed by atoms with Gasteiger partial charge in [0.1, 0.15) is 0 Å². The van der Waals surface area contributed by atoms with Crippen molar-refractivity contribution in [1.82, 2.24) is 10.6 Å². The zero-order valence-electron chi connectivity index (χ0n) is 9.58. The Labute approximate surface area is 91.6 Å². The number of nitrogens with zero attached hydrogens (tertiary/aromatic N) is 1. The number of nitrogens with one attached hydrogen (secondary N) is 2. The van der Waals surface area contributed by atoms with E-state index in [9.17, 15) is 0 Å². The predicted octanol–water partition coefficient (Wildman–Crippen LogP) is 0.000400. The summed E-state index contributed by atoms with van der Waals surface area (Å²) >= 11 is 0. The van der Waals surface area contributed by atoms with Gasteiger partial charge in [-0.05, 0) is 0 Å². The second kappa shape index (κ2) is 11.0. The minimum absolute atomic E-state index is 0.622. The SMILES string of the molecule is C=CCNC(=NC)NCCOCCOC. The van der Waals surface area contributed by atoms with Crippen LogP contribution in [0.5, 0.6) is 0 Å². The second-order valence-corrected chi connectivity index (χ2v) is 2.77. The van der Waals surface area contributed by atoms with Crippen LogP contribution in [-0.2, 0) is 9.47 Å². The summed E-state index contributed by atoms with van der Waals surface area (Å²) in [5, 5.41) is 6.17. The quantitative estimate of drug-likeness (QED) is 0.259. The number of rotatable bonds is 8. The van der Waals surface area contributed by atoms with Gasteiger partial charge in [0.05, 0.1) is 19.8 Å². The monoisotopic (exact) mass is 215 g/mol. The van der Waals surface area contributed by atoms with Gasteiger partial charge in [0.15, 0.2) is 5.96 Å². The van der Waals surface area contributed by atoms with Crippen molar-refractivity contribution in [2.45, 2.75) is 0 Å². The Balaban J connectivity index is 3.35. The van der Waals surface area contributed by atoms with Crippen LogP contribution in [0.15, 0.2) is 17.6 Å². The maximum atomic E-state index is 5.28. The van der Waals surface area contributed by atoms with Crippen molar-refractivity contribution >= 4 is 5.96 Å². The van der Waals surface area contributed by atoms with E-state index in [1.54, 1.807) is 20.2 Å². The maximum absolute atomic E-state index is 5.28. The summed E-state index contributed by atoms with van der Waals surface area (Å²) in [6.07, 6.45) is 1.78. The maximum Gasteiger partial charge on any atom is 0.191 e. The van der Waals surface area contributed by atoms with Crippen molar-refractivity contribution in [2.75, 3.05) is 47.1 Å². The van der Waals surface area contributed by atoms with Crippen LogP contribution in [0, 0.1) is 0 Å². The number of methoxy groups -OCH3 is 1. The van der Waals surface area contributed by atoms with Crippen LogP contribution in [0.25, 0.3) is 0 Å². The zero-order valence-corrected chi connectivity index (χ0v) is 9.58. The molecule has 0 saturated heterocycles. The third-order valence-corrected chi connectivity index (χ3v) is 1.61. The first-order valence-electron chi connectivity index (χ1n) is 4.97. The number of hydrogen-bond donors (Lipinski definition) is 2. The Kier molecular flexibility index (Phi) is 10.2. The first-order chi connectivity index (χ1) is 7.35. The molecule has 0 bridgehead atoms. The molecule has 0 atom stereocenters. The molecule has 0 aromatic heterocycles. The van der Waals surface area contributed by atoms with Crippen LogP contribution in [0.3, 0.4) is 0 Å². The first-order valence-corrected chi connectivity index (χ1v) is 4.97. The van der Waals surface area contributed by atoms with Gasteiger partial charge in [-0.1, -0.05) is 6.08 Å². The van der Waals surface area contributed by atoms with Crippen LogP contribution in [0.1, 0.15) is 0 Å². The normalized spacial score (nSPS) is 11.2. The lowest BCUT2D eigenvalue weighted by Crippen LogP contribution is -2.39. The van der Waals surface area contributed by atoms with Crippen LogP contribution in [-0.4, -0.2) is 53.0 Å². The number of guanidine groups is 1. The molecule has 0 unspecified atom stereocenters. The summed E-state index contributed by atoms with van der Waals surface area (Å²) in [6, 6.07) is 0. The average molecular weight is 215 g/mol. The van der Waals surface area contributed by atoms with Gasteiger partial charge in [-0.2, -0.15) is 0 Å². The average Bonchev–Trinajstić information content (AvgIpc) is 2.27. The van der Waals surface area contributed by atoms with Crippen LogP contribution >= 0.6 is 0 Å². The minimum Gasteiger partial charge on any atom is -0.382 e. The Morgan fingerprint density at radius 1 is 1.33 bits per heavy atom. The highest BCUT2D eigenvalue weighted by Gasteiger charge is 1.93. The van der Waals surface area contributed by atoms with Gasteiger partial charge in [-0.3, -0.25) is 4.99 Å². The Morgan fingerprint density at radius 3 is 2.73 bits per heavy atom. The highest BCUT2D eigenvalue weighted by Crippen LogP contribution is 1.75. The fourth-order valence-corrected chi connectivity index (χ4v) is 0.875. The molecule has 88 valence electrons. The van der Waals surface area contributed by atoms with E-state index in [0.29, 0.717) is 26.4 Å². The second-order valence-electron chi connectivity index (χ2n) is 2.77. The molecule has 0 radical (unpaired) electrons. The lowest BCUT2D eigenvalue weighted by molar-refractivity contribution is 0.0733. The van der Waals surface area contributed by atoms with Crippen molar-refractivity contribution in [3.63, 3.8) is 0 Å². The number of aliphatic imine (C=N–C) groups is 1. The van der Waals surface area contributed by atoms with Gasteiger partial charge < -0.3 is 20.1 Å². The van der Waals surface area contributed by atoms with Crippen LogP contribution in [0.2, 0.25) is 0 Å². The highest BCUT2D eigenvalue weighted by atomic mass is 16.5. The van der Waals surface area contributed by atoms with Crippen LogP contribution < -0.4 is 10.6 Å². The molecule has 0 fully saturated rings. The molecule has 0 saturated carbocycles. The Bertz CT molecular complexity index is 184. The molecule has 5 nitrogen and oxygen atoms in total. The molecule has 0 aliphatic heterocycles. The van der Waals surface area contributed by atoms with Crippen LogP contribution in [0.4, 0.5) is 0 Å². The molecule has 0 amide bonds.